The lowest BCUT2D eigenvalue weighted by atomic mass is 10.1. The van der Waals surface area contributed by atoms with E-state index >= 15 is 0 Å². The van der Waals surface area contributed by atoms with Gasteiger partial charge in [-0.05, 0) is 31.2 Å². The van der Waals surface area contributed by atoms with Crippen molar-refractivity contribution in [1.82, 2.24) is 0 Å². The number of pyridine rings is 1. The maximum Gasteiger partial charge on any atom is 0.227 e. The highest BCUT2D eigenvalue weighted by Crippen LogP contribution is 2.04. The van der Waals surface area contributed by atoms with Gasteiger partial charge in [-0.15, -0.1) is 17.0 Å². The van der Waals surface area contributed by atoms with Crippen LogP contribution in [0.5, 0.6) is 0 Å². The van der Waals surface area contributed by atoms with Crippen LogP contribution in [0.4, 0.5) is 4.39 Å². The van der Waals surface area contributed by atoms with Gasteiger partial charge in [-0.3, -0.25) is 9.59 Å². The third-order valence-corrected chi connectivity index (χ3v) is 2.79. The molecule has 104 valence electrons. The molecule has 1 aromatic heterocycles. The number of Topliss-reactive ketones (excluding diaryl/α,β-unsaturated/α-hetero) is 2. The molecule has 0 amide bonds. The fraction of sp³-hybridized carbons (Fsp3) is 0.133. The molecule has 2 rings (SSSR count). The lowest BCUT2D eigenvalue weighted by molar-refractivity contribution is -0.683. The van der Waals surface area contributed by atoms with Crippen molar-refractivity contribution in [2.24, 2.45) is 0 Å². The monoisotopic (exact) mass is 338 g/mol. The smallest absolute Gasteiger partial charge is 0.227 e. The molecule has 0 N–H and O–H groups in total. The minimum absolute atomic E-state index is 0. The second kappa shape index (κ2) is 7.05. The van der Waals surface area contributed by atoms with Gasteiger partial charge in [0.25, 0.3) is 0 Å². The van der Waals surface area contributed by atoms with Crippen LogP contribution in [0.2, 0.25) is 0 Å². The topological polar surface area (TPSA) is 38.0 Å². The number of carbonyl (C=O) groups is 2. The number of carbonyl (C=O) groups excluding carboxylic acids is 2. The molecule has 0 aliphatic heterocycles. The van der Waals surface area contributed by atoms with Gasteiger partial charge < -0.3 is 0 Å². The predicted molar refractivity (Wildman–Crippen MR) is 77.7 cm³/mol. The van der Waals surface area contributed by atoms with Crippen LogP contribution in [0, 0.1) is 5.82 Å². The van der Waals surface area contributed by atoms with E-state index in [2.05, 4.69) is 0 Å². The van der Waals surface area contributed by atoms with E-state index in [0.717, 1.165) is 0 Å². The zero-order valence-electron chi connectivity index (χ0n) is 10.9. The lowest BCUT2D eigenvalue weighted by Crippen LogP contribution is -2.37. The molecule has 0 fully saturated rings. The number of aromatic nitrogens is 1. The molecule has 2 aromatic rings. The summed E-state index contributed by atoms with van der Waals surface area (Å²) in [6.07, 6.45) is 3.36. The van der Waals surface area contributed by atoms with Gasteiger partial charge in [0.1, 0.15) is 5.82 Å². The van der Waals surface area contributed by atoms with Gasteiger partial charge in [0, 0.05) is 23.3 Å². The maximum absolute atomic E-state index is 12.7. The summed E-state index contributed by atoms with van der Waals surface area (Å²) in [6.45, 7) is 1.65. The third kappa shape index (κ3) is 4.06. The number of ketones is 2. The number of benzene rings is 1. The Balaban J connectivity index is 0.00000200. The first-order valence-corrected chi connectivity index (χ1v) is 5.85. The molecule has 0 aliphatic carbocycles. The Labute approximate surface area is 126 Å². The van der Waals surface area contributed by atoms with E-state index < -0.39 is 0 Å². The van der Waals surface area contributed by atoms with E-state index in [1.807, 2.05) is 0 Å². The van der Waals surface area contributed by atoms with Crippen LogP contribution in [0.3, 0.4) is 0 Å². The van der Waals surface area contributed by atoms with E-state index in [4.69, 9.17) is 0 Å². The Kier molecular flexibility index (Phi) is 5.70. The van der Waals surface area contributed by atoms with Gasteiger partial charge in [0.15, 0.2) is 18.2 Å². The van der Waals surface area contributed by atoms with Crippen molar-refractivity contribution in [3.63, 3.8) is 0 Å². The molecule has 0 saturated heterocycles. The first kappa shape index (κ1) is 16.2. The van der Waals surface area contributed by atoms with Crippen molar-refractivity contribution < 1.29 is 18.5 Å². The molecule has 0 unspecified atom stereocenters. The van der Waals surface area contributed by atoms with Gasteiger partial charge in [-0.1, -0.05) is 0 Å². The van der Waals surface area contributed by atoms with Crippen molar-refractivity contribution >= 4 is 28.5 Å². The summed E-state index contributed by atoms with van der Waals surface area (Å²) in [6, 6.07) is 8.78. The summed E-state index contributed by atoms with van der Waals surface area (Å²) in [5.74, 6) is -0.493. The summed E-state index contributed by atoms with van der Waals surface area (Å²) in [4.78, 5) is 23.1. The number of rotatable bonds is 4. The maximum atomic E-state index is 12.7. The van der Waals surface area contributed by atoms with Gasteiger partial charge in [-0.25, -0.2) is 4.39 Å². The fourth-order valence-electron chi connectivity index (χ4n) is 1.69. The lowest BCUT2D eigenvalue weighted by Gasteiger charge is -1.99. The van der Waals surface area contributed by atoms with E-state index in [-0.39, 0.29) is 40.9 Å². The summed E-state index contributed by atoms with van der Waals surface area (Å²) in [5.41, 5.74) is 1.06. The molecule has 20 heavy (non-hydrogen) atoms. The molecule has 3 nitrogen and oxygen atoms in total. The number of nitrogens with zero attached hydrogens (tertiary/aromatic N) is 1. The van der Waals surface area contributed by atoms with Crippen LogP contribution in [0.15, 0.2) is 48.8 Å². The fourth-order valence-corrected chi connectivity index (χ4v) is 1.69. The third-order valence-electron chi connectivity index (χ3n) is 2.79. The van der Waals surface area contributed by atoms with E-state index in [9.17, 15) is 14.0 Å². The average molecular weight is 339 g/mol. The summed E-state index contributed by atoms with van der Waals surface area (Å²) in [5, 5.41) is 0. The number of hydrogen-bond acceptors (Lipinski definition) is 2. The quantitative estimate of drug-likeness (QED) is 0.635. The summed E-state index contributed by atoms with van der Waals surface area (Å²) in [7, 11) is 0. The van der Waals surface area contributed by atoms with Crippen molar-refractivity contribution in [2.45, 2.75) is 13.5 Å². The van der Waals surface area contributed by atoms with Crippen molar-refractivity contribution in [1.29, 1.82) is 0 Å². The molecule has 0 radical (unpaired) electrons. The van der Waals surface area contributed by atoms with Crippen LogP contribution in [-0.4, -0.2) is 11.6 Å². The Hall–Kier alpha value is -1.88. The molecule has 0 spiro atoms. The van der Waals surface area contributed by atoms with Gasteiger partial charge >= 0.3 is 0 Å². The molecule has 0 saturated carbocycles. The van der Waals surface area contributed by atoms with Crippen LogP contribution in [0.1, 0.15) is 27.6 Å². The highest BCUT2D eigenvalue weighted by atomic mass is 79.9. The Morgan fingerprint density at radius 3 is 2.05 bits per heavy atom. The van der Waals surface area contributed by atoms with Crippen molar-refractivity contribution in [2.75, 3.05) is 0 Å². The molecular formula is C15H14BrFNO2+. The van der Waals surface area contributed by atoms with E-state index in [1.54, 1.807) is 29.1 Å². The molecule has 1 aromatic carbocycles. The Morgan fingerprint density at radius 1 is 1.00 bits per heavy atom. The number of halogens is 2. The zero-order chi connectivity index (χ0) is 13.8. The molecular weight excluding hydrogens is 325 g/mol. The van der Waals surface area contributed by atoms with E-state index in [1.165, 1.54) is 31.2 Å². The second-order valence-corrected chi connectivity index (χ2v) is 4.25. The van der Waals surface area contributed by atoms with Crippen molar-refractivity contribution in [3.05, 3.63) is 65.7 Å². The van der Waals surface area contributed by atoms with Crippen LogP contribution >= 0.6 is 17.0 Å². The molecule has 1 heterocycles. The molecule has 0 bridgehead atoms. The first-order valence-electron chi connectivity index (χ1n) is 5.85. The minimum Gasteiger partial charge on any atom is -0.295 e. The average Bonchev–Trinajstić information content (AvgIpc) is 2.40. The predicted octanol–water partition coefficient (Wildman–Crippen LogP) is 2.78. The van der Waals surface area contributed by atoms with E-state index in [0.29, 0.717) is 11.1 Å². The van der Waals surface area contributed by atoms with Crippen molar-refractivity contribution in [3.8, 4) is 0 Å². The second-order valence-electron chi connectivity index (χ2n) is 4.25. The van der Waals surface area contributed by atoms with Crippen LogP contribution in [0.25, 0.3) is 0 Å². The summed E-state index contributed by atoms with van der Waals surface area (Å²) < 4.78 is 14.4. The SMILES string of the molecule is Br.CC(=O)c1cc[n+](CC(=O)c2ccc(F)cc2)cc1. The zero-order valence-corrected chi connectivity index (χ0v) is 12.6. The molecule has 5 heteroatoms. The highest BCUT2D eigenvalue weighted by Gasteiger charge is 2.12. The standard InChI is InChI=1S/C15H13FNO2.BrH/c1-11(18)12-6-8-17(9-7-12)10-15(19)13-2-4-14(16)5-3-13;/h2-9H,10H2,1H3;1H/q+1;. The van der Waals surface area contributed by atoms with Crippen LogP contribution < -0.4 is 4.57 Å². The normalized spacial score (nSPS) is 9.70. The molecule has 0 aliphatic rings. The van der Waals surface area contributed by atoms with Gasteiger partial charge in [-0.2, -0.15) is 4.57 Å². The Morgan fingerprint density at radius 2 is 1.55 bits per heavy atom. The Bertz CT molecular complexity index is 609. The minimum atomic E-state index is -0.366. The van der Waals surface area contributed by atoms with Gasteiger partial charge in [0.05, 0.1) is 0 Å². The van der Waals surface area contributed by atoms with Gasteiger partial charge in [0.2, 0.25) is 12.3 Å². The molecule has 0 atom stereocenters. The van der Waals surface area contributed by atoms with Crippen LogP contribution in [-0.2, 0) is 6.54 Å². The summed E-state index contributed by atoms with van der Waals surface area (Å²) >= 11 is 0. The largest absolute Gasteiger partial charge is 0.295 e. The first-order chi connectivity index (χ1) is 9.06. The highest BCUT2D eigenvalue weighted by molar-refractivity contribution is 8.93. The number of hydrogen-bond donors (Lipinski definition) is 0.